The van der Waals surface area contributed by atoms with E-state index in [9.17, 15) is 27.9 Å². The lowest BCUT2D eigenvalue weighted by atomic mass is 10.1. The van der Waals surface area contributed by atoms with Gasteiger partial charge in [0.1, 0.15) is 23.7 Å². The number of esters is 1. The molecule has 1 aliphatic rings. The summed E-state index contributed by atoms with van der Waals surface area (Å²) in [5.74, 6) is -1.77. The van der Waals surface area contributed by atoms with Gasteiger partial charge in [-0.15, -0.1) is 0 Å². The van der Waals surface area contributed by atoms with Gasteiger partial charge in [-0.1, -0.05) is 30.3 Å². The molecule has 2 heterocycles. The number of amides is 2. The number of imide groups is 1. The van der Waals surface area contributed by atoms with Gasteiger partial charge in [0.15, 0.2) is 0 Å². The van der Waals surface area contributed by atoms with Gasteiger partial charge >= 0.3 is 5.97 Å². The number of rotatable bonds is 9. The highest BCUT2D eigenvalue weighted by atomic mass is 32.2. The van der Waals surface area contributed by atoms with Crippen molar-refractivity contribution in [2.24, 2.45) is 10.2 Å². The van der Waals surface area contributed by atoms with Crippen molar-refractivity contribution >= 4 is 50.7 Å². The van der Waals surface area contributed by atoms with E-state index in [0.717, 1.165) is 4.90 Å². The molecule has 5 aromatic rings. The average molecular weight is 634 g/mol. The number of carbonyl (C=O) groups excluding carboxylic acids is 3. The summed E-state index contributed by atoms with van der Waals surface area (Å²) in [7, 11) is -3.86. The van der Waals surface area contributed by atoms with Gasteiger partial charge in [-0.2, -0.15) is 10.2 Å². The third-order valence-electron chi connectivity index (χ3n) is 6.89. The van der Waals surface area contributed by atoms with E-state index in [1.807, 2.05) is 0 Å². The van der Waals surface area contributed by atoms with Crippen molar-refractivity contribution in [2.45, 2.75) is 11.5 Å². The molecule has 2 amide bonds. The van der Waals surface area contributed by atoms with Crippen LogP contribution < -0.4 is 9.62 Å². The van der Waals surface area contributed by atoms with Gasteiger partial charge in [0, 0.05) is 6.20 Å². The summed E-state index contributed by atoms with van der Waals surface area (Å²) in [5.41, 5.74) is 2.10. The number of carbonyl (C=O) groups is 3. The van der Waals surface area contributed by atoms with Gasteiger partial charge in [0.25, 0.3) is 21.8 Å². The Kier molecular flexibility index (Phi) is 8.06. The van der Waals surface area contributed by atoms with E-state index in [1.54, 1.807) is 60.7 Å². The van der Waals surface area contributed by atoms with Gasteiger partial charge in [0.2, 0.25) is 0 Å². The van der Waals surface area contributed by atoms with Crippen LogP contribution in [0.3, 0.4) is 0 Å². The molecule has 2 N–H and O–H groups in total. The van der Waals surface area contributed by atoms with E-state index in [2.05, 4.69) is 19.9 Å². The fraction of sp³-hybridized carbons (Fsp3) is 0.0303. The van der Waals surface area contributed by atoms with Crippen LogP contribution in [0.4, 0.5) is 22.9 Å². The van der Waals surface area contributed by atoms with Crippen molar-refractivity contribution in [2.75, 3.05) is 9.62 Å². The molecule has 0 saturated carbocycles. The van der Waals surface area contributed by atoms with E-state index in [4.69, 9.17) is 4.74 Å². The third-order valence-corrected chi connectivity index (χ3v) is 8.26. The first-order valence-corrected chi connectivity index (χ1v) is 15.2. The van der Waals surface area contributed by atoms with E-state index >= 15 is 0 Å². The molecule has 0 atom stereocenters. The Bertz CT molecular complexity index is 2070. The van der Waals surface area contributed by atoms with Crippen molar-refractivity contribution in [3.8, 4) is 5.75 Å². The van der Waals surface area contributed by atoms with Crippen molar-refractivity contribution in [3.05, 3.63) is 138 Å². The summed E-state index contributed by atoms with van der Waals surface area (Å²) < 4.78 is 33.0. The Morgan fingerprint density at radius 1 is 0.804 bits per heavy atom. The highest BCUT2D eigenvalue weighted by Gasteiger charge is 2.36. The van der Waals surface area contributed by atoms with Crippen LogP contribution in [0.2, 0.25) is 0 Å². The maximum absolute atomic E-state index is 12.8. The number of phenolic OH excluding ortho intramolecular Hbond substituents is 1. The monoisotopic (exact) mass is 633 g/mol. The molecule has 12 nitrogen and oxygen atoms in total. The molecule has 0 aliphatic carbocycles. The zero-order valence-corrected chi connectivity index (χ0v) is 24.6. The summed E-state index contributed by atoms with van der Waals surface area (Å²) in [6, 6.07) is 27.6. The molecule has 0 bridgehead atoms. The number of pyridine rings is 1. The van der Waals surface area contributed by atoms with Crippen molar-refractivity contribution in [1.82, 2.24) is 4.98 Å². The Labute approximate surface area is 262 Å². The van der Waals surface area contributed by atoms with Crippen molar-refractivity contribution in [1.29, 1.82) is 0 Å². The number of aromatic hydroxyl groups is 1. The summed E-state index contributed by atoms with van der Waals surface area (Å²) in [5, 5.41) is 18.4. The topological polar surface area (TPSA) is 168 Å². The second-order valence-corrected chi connectivity index (χ2v) is 11.6. The lowest BCUT2D eigenvalue weighted by Crippen LogP contribution is -2.29. The number of hydrogen-bond acceptors (Lipinski definition) is 10. The zero-order chi connectivity index (χ0) is 32.3. The Balaban J connectivity index is 1.08. The number of ether oxygens (including phenoxy) is 1. The SMILES string of the molecule is O=C(OCc1ccc(N2C(=O)c3ccccc3C2=O)cc1)c1cc(N=Nc2ccc(S(=O)(=O)Nc3ccccn3)cc2)ccc1O. The minimum Gasteiger partial charge on any atom is -0.507 e. The fourth-order valence-corrected chi connectivity index (χ4v) is 5.58. The van der Waals surface area contributed by atoms with Gasteiger partial charge in [0.05, 0.1) is 33.1 Å². The molecule has 4 aromatic carbocycles. The predicted molar refractivity (Wildman–Crippen MR) is 167 cm³/mol. The van der Waals surface area contributed by atoms with Crippen LogP contribution in [0.15, 0.2) is 131 Å². The normalized spacial score (nSPS) is 12.7. The molecular weight excluding hydrogens is 610 g/mol. The molecule has 1 aromatic heterocycles. The summed E-state index contributed by atoms with van der Waals surface area (Å²) in [4.78, 5) is 43.3. The van der Waals surface area contributed by atoms with E-state index < -0.39 is 27.8 Å². The second kappa shape index (κ2) is 12.4. The fourth-order valence-electron chi connectivity index (χ4n) is 4.57. The Morgan fingerprint density at radius 3 is 2.09 bits per heavy atom. The summed E-state index contributed by atoms with van der Waals surface area (Å²) in [6.45, 7) is -0.142. The van der Waals surface area contributed by atoms with Gasteiger partial charge < -0.3 is 9.84 Å². The minimum absolute atomic E-state index is 0.00463. The van der Waals surface area contributed by atoms with Crippen LogP contribution >= 0.6 is 0 Å². The number of phenols is 1. The van der Waals surface area contributed by atoms with Gasteiger partial charge in [-0.05, 0) is 84.4 Å². The lowest BCUT2D eigenvalue weighted by Gasteiger charge is -2.14. The quantitative estimate of drug-likeness (QED) is 0.111. The molecule has 228 valence electrons. The third kappa shape index (κ3) is 6.21. The maximum Gasteiger partial charge on any atom is 0.342 e. The van der Waals surface area contributed by atoms with Crippen LogP contribution in [0.1, 0.15) is 36.6 Å². The van der Waals surface area contributed by atoms with Crippen LogP contribution in [-0.2, 0) is 21.4 Å². The lowest BCUT2D eigenvalue weighted by molar-refractivity contribution is 0.0469. The first-order chi connectivity index (χ1) is 22.2. The number of anilines is 2. The van der Waals surface area contributed by atoms with Crippen LogP contribution in [0.25, 0.3) is 0 Å². The zero-order valence-electron chi connectivity index (χ0n) is 23.8. The Morgan fingerprint density at radius 2 is 1.43 bits per heavy atom. The number of fused-ring (bicyclic) bond motifs is 1. The Hall–Kier alpha value is -6.21. The molecular formula is C33H23N5O7S. The van der Waals surface area contributed by atoms with Crippen LogP contribution in [0.5, 0.6) is 5.75 Å². The highest BCUT2D eigenvalue weighted by Crippen LogP contribution is 2.29. The number of hydrogen-bond donors (Lipinski definition) is 2. The number of azo groups is 1. The van der Waals surface area contributed by atoms with Crippen molar-refractivity contribution < 1.29 is 32.6 Å². The largest absolute Gasteiger partial charge is 0.507 e. The van der Waals surface area contributed by atoms with E-state index in [-0.39, 0.29) is 34.3 Å². The molecule has 0 spiro atoms. The highest BCUT2D eigenvalue weighted by molar-refractivity contribution is 7.92. The predicted octanol–water partition coefficient (Wildman–Crippen LogP) is 6.16. The standard InChI is InChI=1S/C33H23N5O7S/c39-29-17-12-23(36-35-22-10-15-25(16-11-22)46(43,44)37-30-7-3-4-18-34-30)19-28(29)33(42)45-20-21-8-13-24(14-9-21)38-31(40)26-5-1-2-6-27(26)32(38)41/h1-19,39H,20H2,(H,34,37). The molecule has 46 heavy (non-hydrogen) atoms. The second-order valence-electron chi connectivity index (χ2n) is 9.95. The van der Waals surface area contributed by atoms with Crippen molar-refractivity contribution in [3.63, 3.8) is 0 Å². The molecule has 0 radical (unpaired) electrons. The summed E-state index contributed by atoms with van der Waals surface area (Å²) in [6.07, 6.45) is 1.47. The number of benzene rings is 4. The van der Waals surface area contributed by atoms with Gasteiger partial charge in [-0.25, -0.2) is 23.1 Å². The molecule has 13 heteroatoms. The number of nitrogens with zero attached hydrogens (tertiary/aromatic N) is 4. The molecule has 1 aliphatic heterocycles. The van der Waals surface area contributed by atoms with E-state index in [1.165, 1.54) is 54.7 Å². The summed E-state index contributed by atoms with van der Waals surface area (Å²) >= 11 is 0. The molecule has 0 fully saturated rings. The van der Waals surface area contributed by atoms with Gasteiger partial charge in [-0.3, -0.25) is 14.3 Å². The first kappa shape index (κ1) is 29.8. The number of aromatic nitrogens is 1. The number of sulfonamides is 1. The smallest absolute Gasteiger partial charge is 0.342 e. The van der Waals surface area contributed by atoms with E-state index in [0.29, 0.717) is 28.1 Å². The van der Waals surface area contributed by atoms with Crippen LogP contribution in [0, 0.1) is 0 Å². The molecule has 0 unspecified atom stereocenters. The molecule has 6 rings (SSSR count). The van der Waals surface area contributed by atoms with Crippen LogP contribution in [-0.4, -0.2) is 36.3 Å². The molecule has 0 saturated heterocycles. The minimum atomic E-state index is -3.86. The average Bonchev–Trinajstić information content (AvgIpc) is 3.33. The first-order valence-electron chi connectivity index (χ1n) is 13.7. The maximum atomic E-state index is 12.8. The number of nitrogens with one attached hydrogen (secondary N) is 1.